The van der Waals surface area contributed by atoms with E-state index >= 15 is 0 Å². The molecule has 0 saturated heterocycles. The molecule has 6 nitrogen and oxygen atoms in total. The molecule has 0 fully saturated rings. The number of aryl methyl sites for hydroxylation is 2. The molecule has 0 aliphatic rings. The maximum atomic E-state index is 13.5. The third kappa shape index (κ3) is 5.18. The minimum Gasteiger partial charge on any atom is -0.495 e. The van der Waals surface area contributed by atoms with E-state index in [0.717, 1.165) is 15.4 Å². The van der Waals surface area contributed by atoms with E-state index in [1.807, 2.05) is 19.1 Å². The van der Waals surface area contributed by atoms with E-state index in [2.05, 4.69) is 5.32 Å². The highest BCUT2D eigenvalue weighted by Crippen LogP contribution is 2.30. The van der Waals surface area contributed by atoms with Crippen molar-refractivity contribution in [3.63, 3.8) is 0 Å². The van der Waals surface area contributed by atoms with Crippen molar-refractivity contribution in [2.75, 3.05) is 23.3 Å². The summed E-state index contributed by atoms with van der Waals surface area (Å²) in [6.07, 6.45) is 0. The lowest BCUT2D eigenvalue weighted by Gasteiger charge is -2.26. The standard InChI is InChI=1S/C23H23ClN2O4S/c1-16-9-10-17(2)21(13-16)26(31(28,29)19-7-5-4-6-8-19)15-23(27)25-20-14-18(24)11-12-22(20)30-3/h4-14H,15H2,1-3H3,(H,25,27). The fourth-order valence-corrected chi connectivity index (χ4v) is 4.78. The number of hydrogen-bond donors (Lipinski definition) is 1. The fraction of sp³-hybridized carbons (Fsp3) is 0.174. The van der Waals surface area contributed by atoms with Crippen LogP contribution in [0.2, 0.25) is 5.02 Å². The van der Waals surface area contributed by atoms with E-state index in [9.17, 15) is 13.2 Å². The number of nitrogens with one attached hydrogen (secondary N) is 1. The molecular weight excluding hydrogens is 436 g/mol. The van der Waals surface area contributed by atoms with Gasteiger partial charge in [-0.3, -0.25) is 9.10 Å². The Hall–Kier alpha value is -3.03. The van der Waals surface area contributed by atoms with Gasteiger partial charge in [0.2, 0.25) is 5.91 Å². The zero-order chi connectivity index (χ0) is 22.6. The summed E-state index contributed by atoms with van der Waals surface area (Å²) in [6.45, 7) is 3.25. The van der Waals surface area contributed by atoms with Gasteiger partial charge in [0.15, 0.2) is 0 Å². The molecule has 0 atom stereocenters. The molecule has 8 heteroatoms. The molecule has 0 heterocycles. The Bertz CT molecular complexity index is 1200. The van der Waals surface area contributed by atoms with Gasteiger partial charge >= 0.3 is 0 Å². The van der Waals surface area contributed by atoms with Crippen LogP contribution in [0.5, 0.6) is 5.75 Å². The van der Waals surface area contributed by atoms with E-state index in [0.29, 0.717) is 22.1 Å². The second-order valence-electron chi connectivity index (χ2n) is 7.01. The highest BCUT2D eigenvalue weighted by molar-refractivity contribution is 7.92. The van der Waals surface area contributed by atoms with Gasteiger partial charge in [-0.15, -0.1) is 0 Å². The maximum Gasteiger partial charge on any atom is 0.264 e. The summed E-state index contributed by atoms with van der Waals surface area (Å²) in [5.41, 5.74) is 2.42. The van der Waals surface area contributed by atoms with E-state index in [1.54, 1.807) is 49.4 Å². The van der Waals surface area contributed by atoms with Crippen molar-refractivity contribution in [1.82, 2.24) is 0 Å². The number of benzene rings is 3. The average Bonchev–Trinajstić information content (AvgIpc) is 2.74. The highest BCUT2D eigenvalue weighted by atomic mass is 35.5. The number of sulfonamides is 1. The van der Waals surface area contributed by atoms with Crippen molar-refractivity contribution < 1.29 is 17.9 Å². The molecule has 1 N–H and O–H groups in total. The summed E-state index contributed by atoms with van der Waals surface area (Å²) >= 11 is 6.04. The Labute approximate surface area is 187 Å². The lowest BCUT2D eigenvalue weighted by molar-refractivity contribution is -0.114. The topological polar surface area (TPSA) is 75.7 Å². The Morgan fingerprint density at radius 3 is 2.42 bits per heavy atom. The van der Waals surface area contributed by atoms with E-state index in [1.165, 1.54) is 19.2 Å². The number of ether oxygens (including phenoxy) is 1. The number of nitrogens with zero attached hydrogens (tertiary/aromatic N) is 1. The van der Waals surface area contributed by atoms with Gasteiger partial charge in [0.05, 0.1) is 23.4 Å². The minimum absolute atomic E-state index is 0.101. The van der Waals surface area contributed by atoms with Crippen molar-refractivity contribution in [1.29, 1.82) is 0 Å². The second-order valence-corrected chi connectivity index (χ2v) is 9.31. The first-order valence-corrected chi connectivity index (χ1v) is 11.3. The molecule has 0 bridgehead atoms. The van der Waals surface area contributed by atoms with Crippen LogP contribution in [0, 0.1) is 13.8 Å². The van der Waals surface area contributed by atoms with Crippen LogP contribution in [0.25, 0.3) is 0 Å². The molecule has 3 aromatic rings. The van der Waals surface area contributed by atoms with Gasteiger partial charge in [-0.2, -0.15) is 0 Å². The number of halogens is 1. The molecule has 0 aliphatic heterocycles. The van der Waals surface area contributed by atoms with Gasteiger partial charge in [-0.1, -0.05) is 41.9 Å². The van der Waals surface area contributed by atoms with Crippen LogP contribution in [0.15, 0.2) is 71.6 Å². The molecule has 0 aliphatic carbocycles. The number of hydrogen-bond acceptors (Lipinski definition) is 4. The Morgan fingerprint density at radius 2 is 1.74 bits per heavy atom. The Balaban J connectivity index is 2.01. The zero-order valence-corrected chi connectivity index (χ0v) is 19.0. The molecule has 0 saturated carbocycles. The molecule has 0 spiro atoms. The third-order valence-corrected chi connectivity index (χ3v) is 6.70. The van der Waals surface area contributed by atoms with Gasteiger partial charge in [0.25, 0.3) is 10.0 Å². The first kappa shape index (κ1) is 22.7. The molecule has 3 rings (SSSR count). The zero-order valence-electron chi connectivity index (χ0n) is 17.4. The van der Waals surface area contributed by atoms with Crippen LogP contribution in [-0.4, -0.2) is 28.0 Å². The maximum absolute atomic E-state index is 13.5. The van der Waals surface area contributed by atoms with Crippen LogP contribution in [0.3, 0.4) is 0 Å². The van der Waals surface area contributed by atoms with E-state index < -0.39 is 22.5 Å². The number of methoxy groups -OCH3 is 1. The first-order chi connectivity index (χ1) is 14.7. The van der Waals surface area contributed by atoms with Crippen molar-refractivity contribution in [3.05, 3.63) is 82.9 Å². The average molecular weight is 459 g/mol. The predicted molar refractivity (Wildman–Crippen MR) is 124 cm³/mol. The molecule has 0 unspecified atom stereocenters. The number of carbonyl (C=O) groups excluding carboxylic acids is 1. The highest BCUT2D eigenvalue weighted by Gasteiger charge is 2.28. The molecule has 1 amide bonds. The summed E-state index contributed by atoms with van der Waals surface area (Å²) in [5.74, 6) is -0.108. The normalized spacial score (nSPS) is 11.1. The van der Waals surface area contributed by atoms with Crippen molar-refractivity contribution in [2.24, 2.45) is 0 Å². The summed E-state index contributed by atoms with van der Waals surface area (Å²) < 4.78 is 33.3. The summed E-state index contributed by atoms with van der Waals surface area (Å²) in [5, 5.41) is 3.12. The Kier molecular flexibility index (Phi) is 6.87. The lowest BCUT2D eigenvalue weighted by Crippen LogP contribution is -2.38. The summed E-state index contributed by atoms with van der Waals surface area (Å²) in [7, 11) is -2.52. The van der Waals surface area contributed by atoms with Crippen molar-refractivity contribution in [3.8, 4) is 5.75 Å². The quantitative estimate of drug-likeness (QED) is 0.551. The second kappa shape index (κ2) is 9.41. The number of anilines is 2. The first-order valence-electron chi connectivity index (χ1n) is 9.51. The number of rotatable bonds is 7. The minimum atomic E-state index is -3.99. The van der Waals surface area contributed by atoms with Crippen LogP contribution in [0.1, 0.15) is 11.1 Å². The predicted octanol–water partition coefficient (Wildman–Crippen LogP) is 4.80. The molecule has 3 aromatic carbocycles. The number of carbonyl (C=O) groups is 1. The van der Waals surface area contributed by atoms with Gasteiger partial charge in [0, 0.05) is 5.02 Å². The van der Waals surface area contributed by atoms with E-state index in [-0.39, 0.29) is 4.90 Å². The van der Waals surface area contributed by atoms with Crippen LogP contribution >= 0.6 is 11.6 Å². The molecule has 31 heavy (non-hydrogen) atoms. The largest absolute Gasteiger partial charge is 0.495 e. The third-order valence-electron chi connectivity index (χ3n) is 4.69. The molecular formula is C23H23ClN2O4S. The smallest absolute Gasteiger partial charge is 0.264 e. The van der Waals surface area contributed by atoms with Crippen LogP contribution in [-0.2, 0) is 14.8 Å². The van der Waals surface area contributed by atoms with E-state index in [4.69, 9.17) is 16.3 Å². The van der Waals surface area contributed by atoms with Gasteiger partial charge in [-0.25, -0.2) is 8.42 Å². The molecule has 0 radical (unpaired) electrons. The van der Waals surface area contributed by atoms with Crippen molar-refractivity contribution in [2.45, 2.75) is 18.7 Å². The van der Waals surface area contributed by atoms with Gasteiger partial charge < -0.3 is 10.1 Å². The fourth-order valence-electron chi connectivity index (χ4n) is 3.11. The van der Waals surface area contributed by atoms with Crippen molar-refractivity contribution >= 4 is 38.9 Å². The summed E-state index contributed by atoms with van der Waals surface area (Å²) in [6, 6.07) is 18.3. The molecule has 0 aromatic heterocycles. The SMILES string of the molecule is COc1ccc(Cl)cc1NC(=O)CN(c1cc(C)ccc1C)S(=O)(=O)c1ccccc1. The lowest BCUT2D eigenvalue weighted by atomic mass is 10.1. The van der Waals surface area contributed by atoms with Gasteiger partial charge in [0.1, 0.15) is 12.3 Å². The molecule has 162 valence electrons. The van der Waals surface area contributed by atoms with Crippen LogP contribution in [0.4, 0.5) is 11.4 Å². The summed E-state index contributed by atoms with van der Waals surface area (Å²) in [4.78, 5) is 13.0. The Morgan fingerprint density at radius 1 is 1.03 bits per heavy atom. The monoisotopic (exact) mass is 458 g/mol. The van der Waals surface area contributed by atoms with Gasteiger partial charge in [-0.05, 0) is 61.4 Å². The van der Waals surface area contributed by atoms with Crippen LogP contribution < -0.4 is 14.4 Å². The number of amides is 1.